The summed E-state index contributed by atoms with van der Waals surface area (Å²) < 4.78 is 0.885. The van der Waals surface area contributed by atoms with Crippen molar-refractivity contribution in [1.29, 1.82) is 0 Å². The van der Waals surface area contributed by atoms with Crippen LogP contribution in [0.15, 0.2) is 30.3 Å². The van der Waals surface area contributed by atoms with Crippen LogP contribution in [0.5, 0.6) is 0 Å². The minimum absolute atomic E-state index is 0.271. The Morgan fingerprint density at radius 1 is 1.12 bits per heavy atom. The molecule has 0 radical (unpaired) electrons. The molecule has 26 heavy (non-hydrogen) atoms. The van der Waals surface area contributed by atoms with Gasteiger partial charge in [0.1, 0.15) is 5.56 Å². The van der Waals surface area contributed by atoms with E-state index < -0.39 is 27.1 Å². The average Bonchev–Trinajstić information content (AvgIpc) is 2.96. The van der Waals surface area contributed by atoms with Crippen LogP contribution in [0.2, 0.25) is 0 Å². The first-order valence-electron chi connectivity index (χ1n) is 7.38. The highest BCUT2D eigenvalue weighted by Gasteiger charge is 2.24. The number of carbonyl (C=O) groups excluding carboxylic acids is 1. The van der Waals surface area contributed by atoms with Gasteiger partial charge in [-0.1, -0.05) is 17.4 Å². The number of nitro benzene ring substituents is 2. The number of nitrogens with zero attached hydrogens (tertiary/aromatic N) is 3. The molecule has 0 aliphatic rings. The van der Waals surface area contributed by atoms with E-state index in [0.29, 0.717) is 5.13 Å². The molecule has 0 atom stereocenters. The molecule has 0 aliphatic heterocycles. The van der Waals surface area contributed by atoms with Crippen LogP contribution in [0.4, 0.5) is 16.5 Å². The van der Waals surface area contributed by atoms with Crippen molar-refractivity contribution in [3.63, 3.8) is 0 Å². The second-order valence-corrected chi connectivity index (χ2v) is 6.65. The zero-order valence-electron chi connectivity index (χ0n) is 13.7. The van der Waals surface area contributed by atoms with E-state index in [1.807, 2.05) is 26.0 Å². The molecular formula is C16H12N4O5S. The molecule has 1 amide bonds. The van der Waals surface area contributed by atoms with Crippen LogP contribution in [0, 0.1) is 34.1 Å². The Hall–Kier alpha value is -3.40. The number of hydrogen-bond donors (Lipinski definition) is 1. The fourth-order valence-electron chi connectivity index (χ4n) is 2.57. The van der Waals surface area contributed by atoms with Gasteiger partial charge in [0.05, 0.1) is 26.1 Å². The number of fused-ring (bicyclic) bond motifs is 1. The third-order valence-electron chi connectivity index (χ3n) is 3.68. The van der Waals surface area contributed by atoms with Crippen LogP contribution < -0.4 is 5.32 Å². The number of thiazole rings is 1. The minimum atomic E-state index is -0.826. The predicted molar refractivity (Wildman–Crippen MR) is 96.8 cm³/mol. The van der Waals surface area contributed by atoms with Gasteiger partial charge in [0.15, 0.2) is 5.13 Å². The van der Waals surface area contributed by atoms with Gasteiger partial charge in [0, 0.05) is 6.07 Å². The Balaban J connectivity index is 1.96. The quantitative estimate of drug-likeness (QED) is 0.545. The number of rotatable bonds is 4. The topological polar surface area (TPSA) is 128 Å². The highest BCUT2D eigenvalue weighted by molar-refractivity contribution is 7.22. The largest absolute Gasteiger partial charge is 0.298 e. The number of nitrogens with one attached hydrogen (secondary N) is 1. The van der Waals surface area contributed by atoms with Gasteiger partial charge in [0.2, 0.25) is 0 Å². The van der Waals surface area contributed by atoms with Gasteiger partial charge in [-0.15, -0.1) is 0 Å². The molecule has 3 aromatic rings. The maximum atomic E-state index is 12.4. The van der Waals surface area contributed by atoms with Gasteiger partial charge in [-0.25, -0.2) is 4.98 Å². The zero-order valence-corrected chi connectivity index (χ0v) is 14.5. The second kappa shape index (κ2) is 6.48. The molecule has 0 aliphatic carbocycles. The van der Waals surface area contributed by atoms with E-state index in [2.05, 4.69) is 10.3 Å². The lowest BCUT2D eigenvalue weighted by atomic mass is 10.1. The number of nitro groups is 2. The zero-order chi connectivity index (χ0) is 19.0. The van der Waals surface area contributed by atoms with Crippen LogP contribution in [0.3, 0.4) is 0 Å². The third kappa shape index (κ3) is 3.22. The summed E-state index contributed by atoms with van der Waals surface area (Å²) in [4.78, 5) is 37.1. The van der Waals surface area contributed by atoms with Crippen LogP contribution in [-0.2, 0) is 0 Å². The summed E-state index contributed by atoms with van der Waals surface area (Å²) in [5.41, 5.74) is 1.40. The van der Waals surface area contributed by atoms with E-state index in [-0.39, 0.29) is 5.56 Å². The molecule has 0 fully saturated rings. The van der Waals surface area contributed by atoms with Gasteiger partial charge in [-0.3, -0.25) is 30.3 Å². The molecule has 1 heterocycles. The van der Waals surface area contributed by atoms with Crippen molar-refractivity contribution in [2.75, 3.05) is 5.32 Å². The SMILES string of the molecule is Cc1cc(C)c2nc(NC(=O)c3ccc([N+](=O)[O-])cc3[N+](=O)[O-])sc2c1. The molecule has 3 rings (SSSR count). The smallest absolute Gasteiger partial charge is 0.289 e. The molecular weight excluding hydrogens is 360 g/mol. The summed E-state index contributed by atoms with van der Waals surface area (Å²) in [5.74, 6) is -0.750. The molecule has 0 saturated heterocycles. The lowest BCUT2D eigenvalue weighted by Crippen LogP contribution is -2.14. The first-order valence-corrected chi connectivity index (χ1v) is 8.20. The lowest BCUT2D eigenvalue weighted by Gasteiger charge is -2.03. The minimum Gasteiger partial charge on any atom is -0.298 e. The number of aromatic nitrogens is 1. The number of aryl methyl sites for hydroxylation is 2. The van der Waals surface area contributed by atoms with Gasteiger partial charge in [-0.2, -0.15) is 0 Å². The summed E-state index contributed by atoms with van der Waals surface area (Å²) in [6, 6.07) is 6.78. The number of non-ortho nitro benzene ring substituents is 1. The summed E-state index contributed by atoms with van der Waals surface area (Å²) >= 11 is 1.25. The third-order valence-corrected chi connectivity index (χ3v) is 4.60. The van der Waals surface area contributed by atoms with Crippen molar-refractivity contribution in [2.24, 2.45) is 0 Å². The molecule has 132 valence electrons. The monoisotopic (exact) mass is 372 g/mol. The van der Waals surface area contributed by atoms with Gasteiger partial charge >= 0.3 is 0 Å². The summed E-state index contributed by atoms with van der Waals surface area (Å²) in [5, 5.41) is 24.8. The van der Waals surface area contributed by atoms with Crippen LogP contribution >= 0.6 is 11.3 Å². The maximum Gasteiger partial charge on any atom is 0.289 e. The molecule has 1 N–H and O–H groups in total. The Morgan fingerprint density at radius 2 is 1.85 bits per heavy atom. The molecule has 0 unspecified atom stereocenters. The van der Waals surface area contributed by atoms with Crippen molar-refractivity contribution < 1.29 is 14.6 Å². The first-order chi connectivity index (χ1) is 12.3. The fraction of sp³-hybridized carbons (Fsp3) is 0.125. The average molecular weight is 372 g/mol. The van der Waals surface area contributed by atoms with Crippen LogP contribution in [0.1, 0.15) is 21.5 Å². The molecule has 0 bridgehead atoms. The molecule has 1 aromatic heterocycles. The van der Waals surface area contributed by atoms with Crippen molar-refractivity contribution in [3.8, 4) is 0 Å². The van der Waals surface area contributed by atoms with Crippen LogP contribution in [-0.4, -0.2) is 20.7 Å². The molecule has 9 nitrogen and oxygen atoms in total. The highest BCUT2D eigenvalue weighted by Crippen LogP contribution is 2.31. The Kier molecular flexibility index (Phi) is 4.34. The van der Waals surface area contributed by atoms with Gasteiger partial charge in [-0.05, 0) is 37.1 Å². The van der Waals surface area contributed by atoms with E-state index >= 15 is 0 Å². The predicted octanol–water partition coefficient (Wildman–Crippen LogP) is 3.98. The second-order valence-electron chi connectivity index (χ2n) is 5.62. The number of amides is 1. The van der Waals surface area contributed by atoms with Crippen molar-refractivity contribution in [3.05, 3.63) is 67.3 Å². The number of anilines is 1. The van der Waals surface area contributed by atoms with Crippen molar-refractivity contribution >= 4 is 44.0 Å². The maximum absolute atomic E-state index is 12.4. The molecule has 0 saturated carbocycles. The van der Waals surface area contributed by atoms with Crippen molar-refractivity contribution in [2.45, 2.75) is 13.8 Å². The van der Waals surface area contributed by atoms with Gasteiger partial charge in [0.25, 0.3) is 17.3 Å². The molecule has 10 heteroatoms. The van der Waals surface area contributed by atoms with Crippen molar-refractivity contribution in [1.82, 2.24) is 4.98 Å². The number of carbonyl (C=O) groups is 1. The fourth-order valence-corrected chi connectivity index (χ4v) is 3.60. The first kappa shape index (κ1) is 17.4. The summed E-state index contributed by atoms with van der Waals surface area (Å²) in [6.07, 6.45) is 0. The standard InChI is InChI=1S/C16H12N4O5S/c1-8-5-9(2)14-13(6-8)26-16(17-14)18-15(21)11-4-3-10(19(22)23)7-12(11)20(24)25/h3-7H,1-2H3,(H,17,18,21). The van der Waals surface area contributed by atoms with E-state index in [1.165, 1.54) is 11.3 Å². The van der Waals surface area contributed by atoms with E-state index in [9.17, 15) is 25.0 Å². The van der Waals surface area contributed by atoms with E-state index in [4.69, 9.17) is 0 Å². The molecule has 0 spiro atoms. The molecule has 2 aromatic carbocycles. The van der Waals surface area contributed by atoms with Crippen LogP contribution in [0.25, 0.3) is 10.2 Å². The Bertz CT molecular complexity index is 1080. The van der Waals surface area contributed by atoms with E-state index in [0.717, 1.165) is 39.5 Å². The number of benzene rings is 2. The van der Waals surface area contributed by atoms with E-state index in [1.54, 1.807) is 0 Å². The Morgan fingerprint density at radius 3 is 2.50 bits per heavy atom. The normalized spacial score (nSPS) is 10.7. The lowest BCUT2D eigenvalue weighted by molar-refractivity contribution is -0.394. The summed E-state index contributed by atoms with van der Waals surface area (Å²) in [7, 11) is 0. The number of hydrogen-bond acceptors (Lipinski definition) is 7. The summed E-state index contributed by atoms with van der Waals surface area (Å²) in [6.45, 7) is 3.85. The highest BCUT2D eigenvalue weighted by atomic mass is 32.1. The Labute approximate surface area is 150 Å². The van der Waals surface area contributed by atoms with Gasteiger partial charge < -0.3 is 0 Å².